The quantitative estimate of drug-likeness (QED) is 0.788. The molecule has 1 aromatic carbocycles. The summed E-state index contributed by atoms with van der Waals surface area (Å²) < 4.78 is 31.3. The highest BCUT2D eigenvalue weighted by molar-refractivity contribution is 6.20. The molecule has 0 aliphatic rings. The van der Waals surface area contributed by atoms with E-state index >= 15 is 0 Å². The Morgan fingerprint density at radius 3 is 2.88 bits per heavy atom. The Kier molecular flexibility index (Phi) is 3.38. The summed E-state index contributed by atoms with van der Waals surface area (Å²) in [4.78, 5) is 3.94. The van der Waals surface area contributed by atoms with E-state index in [1.807, 2.05) is 6.92 Å². The van der Waals surface area contributed by atoms with Gasteiger partial charge in [-0.05, 0) is 18.6 Å². The summed E-state index contributed by atoms with van der Waals surface area (Å²) in [5, 5.41) is 3.23. The number of hydrogen-bond acceptors (Lipinski definition) is 3. The molecule has 90 valence electrons. The van der Waals surface area contributed by atoms with Gasteiger partial charge in [-0.3, -0.25) is 0 Å². The Hall–Kier alpha value is -1.49. The first kappa shape index (κ1) is 12.0. The van der Waals surface area contributed by atoms with Gasteiger partial charge < -0.3 is 4.52 Å². The van der Waals surface area contributed by atoms with Crippen molar-refractivity contribution in [3.63, 3.8) is 0 Å². The first-order valence-corrected chi connectivity index (χ1v) is 5.49. The van der Waals surface area contributed by atoms with Crippen molar-refractivity contribution in [1.82, 2.24) is 10.1 Å². The lowest BCUT2D eigenvalue weighted by Crippen LogP contribution is -1.92. The fraction of sp³-hybridized carbons (Fsp3) is 0.273. The molecule has 6 heteroatoms. The normalized spacial score (nSPS) is 12.7. The van der Waals surface area contributed by atoms with Crippen LogP contribution in [0.25, 0.3) is 11.5 Å². The van der Waals surface area contributed by atoms with Crippen LogP contribution in [0.3, 0.4) is 0 Å². The van der Waals surface area contributed by atoms with Crippen molar-refractivity contribution >= 4 is 11.6 Å². The van der Waals surface area contributed by atoms with Crippen LogP contribution in [0.4, 0.5) is 8.78 Å². The van der Waals surface area contributed by atoms with Gasteiger partial charge in [0.1, 0.15) is 0 Å². The molecule has 0 fully saturated rings. The molecule has 0 aliphatic heterocycles. The fourth-order valence-electron chi connectivity index (χ4n) is 1.32. The number of aromatic nitrogens is 2. The van der Waals surface area contributed by atoms with E-state index in [4.69, 9.17) is 16.1 Å². The van der Waals surface area contributed by atoms with Crippen molar-refractivity contribution in [3.05, 3.63) is 35.7 Å². The zero-order valence-corrected chi connectivity index (χ0v) is 9.71. The summed E-state index contributed by atoms with van der Waals surface area (Å²) in [6, 6.07) is 3.76. The average molecular weight is 259 g/mol. The Labute approximate surface area is 101 Å². The Bertz CT molecular complexity index is 530. The predicted molar refractivity (Wildman–Crippen MR) is 58.5 cm³/mol. The highest BCUT2D eigenvalue weighted by Crippen LogP contribution is 2.26. The van der Waals surface area contributed by atoms with Crippen LogP contribution >= 0.6 is 11.6 Å². The van der Waals surface area contributed by atoms with Crippen LogP contribution in [0.15, 0.2) is 22.7 Å². The maximum Gasteiger partial charge on any atom is 0.261 e. The maximum absolute atomic E-state index is 13.4. The van der Waals surface area contributed by atoms with Gasteiger partial charge in [0.25, 0.3) is 5.89 Å². The number of alkyl halides is 1. The number of rotatable bonds is 3. The van der Waals surface area contributed by atoms with Crippen molar-refractivity contribution in [2.24, 2.45) is 0 Å². The molecule has 1 heterocycles. The number of halogens is 3. The van der Waals surface area contributed by atoms with Crippen molar-refractivity contribution in [1.29, 1.82) is 0 Å². The summed E-state index contributed by atoms with van der Waals surface area (Å²) in [5.74, 6) is -1.77. The molecular weight excluding hydrogens is 250 g/mol. The van der Waals surface area contributed by atoms with Crippen LogP contribution in [0, 0.1) is 11.6 Å². The molecular formula is C11H9ClF2N2O. The molecule has 0 saturated carbocycles. The van der Waals surface area contributed by atoms with E-state index in [0.717, 1.165) is 6.07 Å². The molecule has 1 atom stereocenters. The molecule has 0 bridgehead atoms. The Morgan fingerprint density at radius 1 is 1.41 bits per heavy atom. The smallest absolute Gasteiger partial charge is 0.261 e. The third-order valence-corrected chi connectivity index (χ3v) is 2.77. The minimum atomic E-state index is -1.01. The van der Waals surface area contributed by atoms with E-state index in [0.29, 0.717) is 6.42 Å². The van der Waals surface area contributed by atoms with Gasteiger partial charge in [-0.15, -0.1) is 11.6 Å². The van der Waals surface area contributed by atoms with Crippen LogP contribution in [-0.2, 0) is 0 Å². The number of hydrogen-bond donors (Lipinski definition) is 0. The van der Waals surface area contributed by atoms with Gasteiger partial charge in [-0.25, -0.2) is 8.78 Å². The molecule has 3 nitrogen and oxygen atoms in total. The van der Waals surface area contributed by atoms with Crippen LogP contribution in [0.5, 0.6) is 0 Å². The molecule has 1 aromatic heterocycles. The van der Waals surface area contributed by atoms with Gasteiger partial charge in [0.2, 0.25) is 0 Å². The number of nitrogens with zero attached hydrogens (tertiary/aromatic N) is 2. The third kappa shape index (κ3) is 2.29. The fourth-order valence-corrected chi connectivity index (χ4v) is 1.41. The van der Waals surface area contributed by atoms with Gasteiger partial charge in [0.05, 0.1) is 10.9 Å². The van der Waals surface area contributed by atoms with Crippen LogP contribution < -0.4 is 0 Å². The van der Waals surface area contributed by atoms with Crippen molar-refractivity contribution in [2.45, 2.75) is 18.7 Å². The molecule has 1 unspecified atom stereocenters. The second kappa shape index (κ2) is 4.79. The van der Waals surface area contributed by atoms with E-state index in [9.17, 15) is 8.78 Å². The van der Waals surface area contributed by atoms with Gasteiger partial charge >= 0.3 is 0 Å². The van der Waals surface area contributed by atoms with E-state index in [-0.39, 0.29) is 17.3 Å². The van der Waals surface area contributed by atoms with Gasteiger partial charge in [0.15, 0.2) is 17.5 Å². The molecule has 0 saturated heterocycles. The van der Waals surface area contributed by atoms with Crippen LogP contribution in [0.1, 0.15) is 24.5 Å². The Balaban J connectivity index is 2.40. The topological polar surface area (TPSA) is 38.9 Å². The van der Waals surface area contributed by atoms with E-state index in [1.165, 1.54) is 12.1 Å². The molecule has 2 aromatic rings. The predicted octanol–water partition coefficient (Wildman–Crippen LogP) is 3.70. The average Bonchev–Trinajstić information content (AvgIpc) is 2.81. The summed E-state index contributed by atoms with van der Waals surface area (Å²) in [6.07, 6.45) is 0.617. The highest BCUT2D eigenvalue weighted by Gasteiger charge is 2.18. The van der Waals surface area contributed by atoms with E-state index in [1.54, 1.807) is 0 Å². The number of benzene rings is 1. The molecule has 0 amide bonds. The van der Waals surface area contributed by atoms with Gasteiger partial charge in [-0.2, -0.15) is 4.98 Å². The molecule has 0 aliphatic carbocycles. The van der Waals surface area contributed by atoms with Crippen LogP contribution in [-0.4, -0.2) is 10.1 Å². The standard InChI is InChI=1S/C11H9ClF2N2O/c1-2-7(12)10-15-11(17-16-10)6-4-3-5-8(13)9(6)14/h3-5,7H,2H2,1H3. The summed E-state index contributed by atoms with van der Waals surface area (Å²) in [7, 11) is 0. The lowest BCUT2D eigenvalue weighted by molar-refractivity contribution is 0.417. The monoisotopic (exact) mass is 258 g/mol. The molecule has 0 radical (unpaired) electrons. The zero-order chi connectivity index (χ0) is 12.4. The molecule has 2 rings (SSSR count). The van der Waals surface area contributed by atoms with Crippen molar-refractivity contribution in [3.8, 4) is 11.5 Å². The lowest BCUT2D eigenvalue weighted by Gasteiger charge is -1.98. The highest BCUT2D eigenvalue weighted by atomic mass is 35.5. The lowest BCUT2D eigenvalue weighted by atomic mass is 10.2. The summed E-state index contributed by atoms with van der Waals surface area (Å²) in [6.45, 7) is 1.86. The van der Waals surface area contributed by atoms with Crippen molar-refractivity contribution < 1.29 is 13.3 Å². The van der Waals surface area contributed by atoms with E-state index < -0.39 is 17.0 Å². The van der Waals surface area contributed by atoms with Gasteiger partial charge in [0, 0.05) is 0 Å². The minimum Gasteiger partial charge on any atom is -0.334 e. The van der Waals surface area contributed by atoms with Gasteiger partial charge in [-0.1, -0.05) is 18.1 Å². The third-order valence-electron chi connectivity index (χ3n) is 2.26. The molecule has 17 heavy (non-hydrogen) atoms. The summed E-state index contributed by atoms with van der Waals surface area (Å²) >= 11 is 5.91. The first-order valence-electron chi connectivity index (χ1n) is 5.05. The van der Waals surface area contributed by atoms with Crippen LogP contribution in [0.2, 0.25) is 0 Å². The second-order valence-electron chi connectivity index (χ2n) is 3.43. The molecule has 0 spiro atoms. The second-order valence-corrected chi connectivity index (χ2v) is 3.96. The zero-order valence-electron chi connectivity index (χ0n) is 8.95. The maximum atomic E-state index is 13.4. The largest absolute Gasteiger partial charge is 0.334 e. The molecule has 0 N–H and O–H groups in total. The summed E-state index contributed by atoms with van der Waals surface area (Å²) in [5.41, 5.74) is -0.0660. The van der Waals surface area contributed by atoms with Crippen molar-refractivity contribution in [2.75, 3.05) is 0 Å². The van der Waals surface area contributed by atoms with E-state index in [2.05, 4.69) is 10.1 Å². The first-order chi connectivity index (χ1) is 8.13. The minimum absolute atomic E-state index is 0.0660. The Morgan fingerprint density at radius 2 is 2.18 bits per heavy atom. The SMILES string of the molecule is CCC(Cl)c1noc(-c2cccc(F)c2F)n1.